The average molecular weight is 327 g/mol. The number of aryl methyl sites for hydroxylation is 1. The van der Waals surface area contributed by atoms with Crippen LogP contribution in [0.3, 0.4) is 0 Å². The Labute approximate surface area is 141 Å². The maximum Gasteiger partial charge on any atom is 0.338 e. The zero-order chi connectivity index (χ0) is 17.5. The molecule has 2 aromatic carbocycles. The number of nitrogens with one attached hydrogen (secondary N) is 1. The predicted octanol–water partition coefficient (Wildman–Crippen LogP) is 3.50. The van der Waals surface area contributed by atoms with Gasteiger partial charge in [0, 0.05) is 5.69 Å². The molecule has 0 aromatic heterocycles. The largest absolute Gasteiger partial charge is 0.494 e. The Balaban J connectivity index is 1.89. The molecule has 0 saturated carbocycles. The maximum atomic E-state index is 11.9. The van der Waals surface area contributed by atoms with E-state index in [9.17, 15) is 9.59 Å². The molecule has 0 heterocycles. The van der Waals surface area contributed by atoms with Crippen molar-refractivity contribution < 1.29 is 19.1 Å². The summed E-state index contributed by atoms with van der Waals surface area (Å²) in [5.41, 5.74) is 3.16. The summed E-state index contributed by atoms with van der Waals surface area (Å²) in [7, 11) is 0. The van der Waals surface area contributed by atoms with Crippen LogP contribution in [0.25, 0.3) is 0 Å². The van der Waals surface area contributed by atoms with Crippen molar-refractivity contribution in [2.45, 2.75) is 20.8 Å². The lowest BCUT2D eigenvalue weighted by Gasteiger charge is -2.10. The minimum Gasteiger partial charge on any atom is -0.494 e. The van der Waals surface area contributed by atoms with Crippen LogP contribution in [0.15, 0.2) is 42.5 Å². The molecule has 2 rings (SSSR count). The van der Waals surface area contributed by atoms with Gasteiger partial charge in [0.2, 0.25) is 0 Å². The van der Waals surface area contributed by atoms with Crippen molar-refractivity contribution in [2.75, 3.05) is 18.5 Å². The Morgan fingerprint density at radius 2 is 1.75 bits per heavy atom. The van der Waals surface area contributed by atoms with Crippen molar-refractivity contribution in [2.24, 2.45) is 0 Å². The van der Waals surface area contributed by atoms with Gasteiger partial charge in [0.15, 0.2) is 6.61 Å². The molecule has 0 fully saturated rings. The Kier molecular flexibility index (Phi) is 5.95. The summed E-state index contributed by atoms with van der Waals surface area (Å²) in [4.78, 5) is 23.9. The predicted molar refractivity (Wildman–Crippen MR) is 92.4 cm³/mol. The van der Waals surface area contributed by atoms with Gasteiger partial charge in [-0.15, -0.1) is 0 Å². The van der Waals surface area contributed by atoms with Crippen molar-refractivity contribution >= 4 is 17.6 Å². The normalized spacial score (nSPS) is 10.1. The molecule has 2 aromatic rings. The average Bonchev–Trinajstić information content (AvgIpc) is 2.58. The number of amides is 1. The van der Waals surface area contributed by atoms with Gasteiger partial charge in [-0.05, 0) is 62.2 Å². The highest BCUT2D eigenvalue weighted by Crippen LogP contribution is 2.18. The number of hydrogen-bond donors (Lipinski definition) is 1. The van der Waals surface area contributed by atoms with E-state index in [-0.39, 0.29) is 12.5 Å². The van der Waals surface area contributed by atoms with Gasteiger partial charge in [0.05, 0.1) is 12.2 Å². The molecule has 0 radical (unpaired) electrons. The molecule has 1 N–H and O–H groups in total. The minimum absolute atomic E-state index is 0.334. The quantitative estimate of drug-likeness (QED) is 0.825. The van der Waals surface area contributed by atoms with Gasteiger partial charge in [0.25, 0.3) is 5.91 Å². The topological polar surface area (TPSA) is 64.6 Å². The summed E-state index contributed by atoms with van der Waals surface area (Å²) in [5, 5.41) is 2.75. The van der Waals surface area contributed by atoms with Crippen LogP contribution < -0.4 is 10.1 Å². The van der Waals surface area contributed by atoms with Crippen LogP contribution >= 0.6 is 0 Å². The molecule has 0 bridgehead atoms. The van der Waals surface area contributed by atoms with Crippen LogP contribution in [-0.2, 0) is 9.53 Å². The van der Waals surface area contributed by atoms with E-state index in [1.807, 2.05) is 39.0 Å². The summed E-state index contributed by atoms with van der Waals surface area (Å²) in [6.45, 7) is 6.01. The van der Waals surface area contributed by atoms with Gasteiger partial charge < -0.3 is 14.8 Å². The number of esters is 1. The first-order valence-electron chi connectivity index (χ1n) is 7.77. The van der Waals surface area contributed by atoms with Crippen LogP contribution in [-0.4, -0.2) is 25.1 Å². The highest BCUT2D eigenvalue weighted by molar-refractivity contribution is 5.96. The fourth-order valence-electron chi connectivity index (χ4n) is 2.14. The number of anilines is 1. The van der Waals surface area contributed by atoms with E-state index in [0.717, 1.165) is 16.8 Å². The lowest BCUT2D eigenvalue weighted by molar-refractivity contribution is -0.119. The molecule has 0 atom stereocenters. The Morgan fingerprint density at radius 1 is 1.04 bits per heavy atom. The maximum absolute atomic E-state index is 11.9. The van der Waals surface area contributed by atoms with Crippen LogP contribution in [0.1, 0.15) is 28.4 Å². The molecule has 0 aliphatic rings. The van der Waals surface area contributed by atoms with E-state index in [0.29, 0.717) is 17.9 Å². The first kappa shape index (κ1) is 17.5. The summed E-state index contributed by atoms with van der Waals surface area (Å²) < 4.78 is 10.3. The molecule has 126 valence electrons. The van der Waals surface area contributed by atoms with Gasteiger partial charge in [-0.2, -0.15) is 0 Å². The Bertz CT molecular complexity index is 723. The van der Waals surface area contributed by atoms with E-state index in [4.69, 9.17) is 9.47 Å². The van der Waals surface area contributed by atoms with Crippen LogP contribution in [0.4, 0.5) is 5.69 Å². The highest BCUT2D eigenvalue weighted by atomic mass is 16.5. The van der Waals surface area contributed by atoms with E-state index >= 15 is 0 Å². The van der Waals surface area contributed by atoms with Crippen LogP contribution in [0, 0.1) is 13.8 Å². The lowest BCUT2D eigenvalue weighted by Crippen LogP contribution is -2.21. The second kappa shape index (κ2) is 8.15. The molecule has 24 heavy (non-hydrogen) atoms. The molecule has 0 spiro atoms. The number of hydrogen-bond acceptors (Lipinski definition) is 4. The lowest BCUT2D eigenvalue weighted by atomic mass is 10.1. The molecule has 5 nitrogen and oxygen atoms in total. The standard InChI is InChI=1S/C19H21NO4/c1-4-23-16-10-8-15(9-11-16)19(22)24-12-18(21)20-17-7-5-6-13(2)14(17)3/h5-11H,4,12H2,1-3H3,(H,20,21). The number of carbonyl (C=O) groups is 2. The first-order valence-corrected chi connectivity index (χ1v) is 7.77. The van der Waals surface area contributed by atoms with Gasteiger partial charge in [-0.3, -0.25) is 4.79 Å². The zero-order valence-electron chi connectivity index (χ0n) is 14.1. The monoisotopic (exact) mass is 327 g/mol. The van der Waals surface area contributed by atoms with Crippen molar-refractivity contribution in [3.63, 3.8) is 0 Å². The van der Waals surface area contributed by atoms with Gasteiger partial charge in [-0.1, -0.05) is 12.1 Å². The third-order valence-electron chi connectivity index (χ3n) is 3.61. The van der Waals surface area contributed by atoms with E-state index in [2.05, 4.69) is 5.32 Å². The number of carbonyl (C=O) groups excluding carboxylic acids is 2. The number of benzene rings is 2. The fourth-order valence-corrected chi connectivity index (χ4v) is 2.14. The second-order valence-electron chi connectivity index (χ2n) is 5.33. The zero-order valence-corrected chi connectivity index (χ0v) is 14.1. The van der Waals surface area contributed by atoms with E-state index < -0.39 is 5.97 Å². The molecule has 1 amide bonds. The molecule has 0 unspecified atom stereocenters. The summed E-state index contributed by atoms with van der Waals surface area (Å²) >= 11 is 0. The molecule has 5 heteroatoms. The smallest absolute Gasteiger partial charge is 0.338 e. The highest BCUT2D eigenvalue weighted by Gasteiger charge is 2.11. The third-order valence-corrected chi connectivity index (χ3v) is 3.61. The van der Waals surface area contributed by atoms with Crippen molar-refractivity contribution in [1.29, 1.82) is 0 Å². The number of ether oxygens (including phenoxy) is 2. The molecular weight excluding hydrogens is 306 g/mol. The summed E-state index contributed by atoms with van der Waals surface area (Å²) in [6, 6.07) is 12.2. The van der Waals surface area contributed by atoms with Gasteiger partial charge in [-0.25, -0.2) is 4.79 Å². The fraction of sp³-hybridized carbons (Fsp3) is 0.263. The van der Waals surface area contributed by atoms with Crippen molar-refractivity contribution in [1.82, 2.24) is 0 Å². The van der Waals surface area contributed by atoms with Gasteiger partial charge in [0.1, 0.15) is 5.75 Å². The molecule has 0 aliphatic carbocycles. The third kappa shape index (κ3) is 4.59. The molecule has 0 aliphatic heterocycles. The minimum atomic E-state index is -0.547. The summed E-state index contributed by atoms with van der Waals surface area (Å²) in [6.07, 6.45) is 0. The SMILES string of the molecule is CCOc1ccc(C(=O)OCC(=O)Nc2cccc(C)c2C)cc1. The Morgan fingerprint density at radius 3 is 2.42 bits per heavy atom. The second-order valence-corrected chi connectivity index (χ2v) is 5.33. The van der Waals surface area contributed by atoms with Gasteiger partial charge >= 0.3 is 5.97 Å². The molecular formula is C19H21NO4. The summed E-state index contributed by atoms with van der Waals surface area (Å²) in [5.74, 6) is -0.237. The van der Waals surface area contributed by atoms with E-state index in [1.54, 1.807) is 24.3 Å². The van der Waals surface area contributed by atoms with Crippen molar-refractivity contribution in [3.05, 3.63) is 59.2 Å². The first-order chi connectivity index (χ1) is 11.5. The van der Waals surface area contributed by atoms with Crippen LogP contribution in [0.5, 0.6) is 5.75 Å². The van der Waals surface area contributed by atoms with E-state index in [1.165, 1.54) is 0 Å². The Hall–Kier alpha value is -2.82. The van der Waals surface area contributed by atoms with Crippen LogP contribution in [0.2, 0.25) is 0 Å². The molecule has 0 saturated heterocycles. The number of rotatable bonds is 6. The van der Waals surface area contributed by atoms with Crippen molar-refractivity contribution in [3.8, 4) is 5.75 Å².